The fraction of sp³-hybridized carbons (Fsp3) is 0.308. The van der Waals surface area contributed by atoms with Gasteiger partial charge in [-0.25, -0.2) is 0 Å². The van der Waals surface area contributed by atoms with Crippen molar-refractivity contribution in [3.8, 4) is 34.5 Å². The van der Waals surface area contributed by atoms with Crippen LogP contribution < -0.4 is 57.8 Å². The lowest BCUT2D eigenvalue weighted by molar-refractivity contribution is 0.289. The molecule has 0 atom stereocenters. The summed E-state index contributed by atoms with van der Waals surface area (Å²) in [6.07, 6.45) is 5.32. The van der Waals surface area contributed by atoms with Crippen LogP contribution in [0.2, 0.25) is 0 Å². The maximum atomic E-state index is 5.94. The van der Waals surface area contributed by atoms with Gasteiger partial charge in [0.25, 0.3) is 0 Å². The van der Waals surface area contributed by atoms with E-state index in [4.69, 9.17) is 28.4 Å². The van der Waals surface area contributed by atoms with Gasteiger partial charge in [0.2, 0.25) is 0 Å². The maximum absolute atomic E-state index is 5.94. The summed E-state index contributed by atoms with van der Waals surface area (Å²) in [6.45, 7) is 41.5. The average molecular weight is 1550 g/mol. The summed E-state index contributed by atoms with van der Waals surface area (Å²) in [5.41, 5.74) is 34.8. The van der Waals surface area contributed by atoms with Crippen LogP contribution in [0, 0.1) is 69.2 Å². The summed E-state index contributed by atoms with van der Waals surface area (Å²) in [4.78, 5) is 13.7. The second-order valence-corrected chi connectivity index (χ2v) is 31.9. The molecule has 0 N–H and O–H groups in total. The Hall–Kier alpha value is -11.8. The first-order chi connectivity index (χ1) is 56.2. The fourth-order valence-electron chi connectivity index (χ4n) is 15.7. The lowest BCUT2D eigenvalue weighted by atomic mass is 10.1. The van der Waals surface area contributed by atoms with E-state index < -0.39 is 0 Å². The molecule has 116 heavy (non-hydrogen) atoms. The third kappa shape index (κ3) is 21.4. The van der Waals surface area contributed by atoms with Crippen LogP contribution in [-0.4, -0.2) is 40.4 Å². The van der Waals surface area contributed by atoms with E-state index in [2.05, 4.69) is 370 Å². The van der Waals surface area contributed by atoms with Crippen LogP contribution in [0.5, 0.6) is 34.5 Å². The normalized spacial score (nSPS) is 13.9. The number of fused-ring (bicyclic) bond motifs is 6. The van der Waals surface area contributed by atoms with Gasteiger partial charge in [-0.05, 0) is 277 Å². The molecule has 0 radical (unpaired) electrons. The Balaban J connectivity index is 0.000000121. The van der Waals surface area contributed by atoms with Crippen molar-refractivity contribution in [3.05, 3.63) is 353 Å². The van der Waals surface area contributed by atoms with Crippen molar-refractivity contribution < 1.29 is 28.4 Å². The molecule has 0 saturated carbocycles. The zero-order valence-electron chi connectivity index (χ0n) is 71.2. The van der Waals surface area contributed by atoms with Gasteiger partial charge in [-0.3, -0.25) is 0 Å². The number of ether oxygens (including phenoxy) is 6. The van der Waals surface area contributed by atoms with Gasteiger partial charge in [0, 0.05) is 107 Å². The molecule has 0 amide bonds. The molecule has 0 aliphatic carbocycles. The molecule has 0 aromatic heterocycles. The van der Waals surface area contributed by atoms with Gasteiger partial charge in [0.15, 0.2) is 40.4 Å². The Morgan fingerprint density at radius 2 is 0.500 bits per heavy atom. The minimum atomic E-state index is 0.625. The number of hydrogen-bond acceptors (Lipinski definition) is 12. The average Bonchev–Trinajstić information content (AvgIpc) is 0.815. The predicted molar refractivity (Wildman–Crippen MR) is 482 cm³/mol. The molecule has 600 valence electrons. The van der Waals surface area contributed by atoms with Gasteiger partial charge in [-0.15, -0.1) is 0 Å². The summed E-state index contributed by atoms with van der Waals surface area (Å²) in [5, 5.41) is 0. The number of hydrogen-bond donors (Lipinski definition) is 0. The standard InChI is InChI=1S/2C18H21NO.4C17H19NO/c1-4-15-5-6-18-16(10-15)11-19(12-20-18)17-8-13(2)7-14(3)9-17;1-4-15-5-6-16-11-19(12-20-18(16)10-15)17-8-13(2)7-14(3)9-17;1-12-5-7-16(14(3)8-12)18-10-15-6-4-13(2)9-17(15)19-11-18;1-3-14-5-4-6-16(10-14)18-11-15-9-13(2)7-8-17(15)19-12-18;1-3-14-5-4-6-16(10-14)18-11-15-8-7-13(2)9-17(15)19-12-18;1-3-14-7-8-17-15(10-14)11-18(12-19-17)16-6-4-5-13(2)9-16/h2*5-10H,4,11-12H2,1-3H3;4-9H,10-11H2,1-3H3;3*4-10H,3,11-12H2,1-2H3. The highest BCUT2D eigenvalue weighted by Gasteiger charge is 2.25. The maximum Gasteiger partial charge on any atom is 0.161 e. The van der Waals surface area contributed by atoms with Crippen LogP contribution in [0.4, 0.5) is 34.1 Å². The smallest absolute Gasteiger partial charge is 0.161 e. The van der Waals surface area contributed by atoms with Crippen molar-refractivity contribution in [2.45, 2.75) is 175 Å². The Labute approximate surface area is 691 Å². The van der Waals surface area contributed by atoms with E-state index in [1.54, 1.807) is 0 Å². The summed E-state index contributed by atoms with van der Waals surface area (Å²) in [6, 6.07) is 84.7. The zero-order chi connectivity index (χ0) is 81.4. The van der Waals surface area contributed by atoms with E-state index in [1.807, 2.05) is 0 Å². The number of anilines is 6. The molecule has 12 heteroatoms. The van der Waals surface area contributed by atoms with Crippen LogP contribution in [0.25, 0.3) is 0 Å². The number of rotatable bonds is 11. The predicted octanol–water partition coefficient (Wildman–Crippen LogP) is 24.2. The van der Waals surface area contributed by atoms with Crippen molar-refractivity contribution >= 4 is 34.1 Å². The first-order valence-electron chi connectivity index (χ1n) is 41.6. The van der Waals surface area contributed by atoms with Gasteiger partial charge >= 0.3 is 0 Å². The molecule has 12 aromatic carbocycles. The highest BCUT2D eigenvalue weighted by atomic mass is 16.5. The van der Waals surface area contributed by atoms with Gasteiger partial charge in [-0.2, -0.15) is 0 Å². The molecule has 6 aliphatic heterocycles. The minimum absolute atomic E-state index is 0.625. The highest BCUT2D eigenvalue weighted by molar-refractivity contribution is 5.60. The highest BCUT2D eigenvalue weighted by Crippen LogP contribution is 2.37. The topological polar surface area (TPSA) is 74.8 Å². The fourth-order valence-corrected chi connectivity index (χ4v) is 15.7. The van der Waals surface area contributed by atoms with Crippen LogP contribution in [-0.2, 0) is 71.4 Å². The third-order valence-electron chi connectivity index (χ3n) is 22.3. The van der Waals surface area contributed by atoms with E-state index in [0.717, 1.165) is 106 Å². The molecular formula is C104H118N6O6. The molecule has 0 bridgehead atoms. The molecule has 6 heterocycles. The molecule has 0 saturated heterocycles. The van der Waals surface area contributed by atoms with Gasteiger partial charge in [0.05, 0.1) is 0 Å². The third-order valence-corrected chi connectivity index (χ3v) is 22.3. The van der Waals surface area contributed by atoms with Crippen molar-refractivity contribution in [1.82, 2.24) is 0 Å². The van der Waals surface area contributed by atoms with Crippen molar-refractivity contribution in [3.63, 3.8) is 0 Å². The van der Waals surface area contributed by atoms with E-state index in [0.29, 0.717) is 40.4 Å². The summed E-state index contributed by atoms with van der Waals surface area (Å²) in [5.74, 6) is 6.19. The SMILES string of the molecule is CCc1ccc2c(c1)CN(c1cc(C)cc(C)c1)CO2.CCc1ccc2c(c1)CN(c1cccc(C)c1)CO2.CCc1ccc2c(c1)OCN(c1cc(C)cc(C)c1)C2.CCc1cccc(N2COc3cc(C)ccc3C2)c1.CCc1cccc(N2COc3ccc(C)cc3C2)c1.Cc1ccc(N2COc3cc(C)ccc3C2)c(C)c1. The van der Waals surface area contributed by atoms with Crippen molar-refractivity contribution in [1.29, 1.82) is 0 Å². The number of aryl methyl sites for hydroxylation is 15. The second-order valence-electron chi connectivity index (χ2n) is 31.9. The quantitative estimate of drug-likeness (QED) is 0.124. The summed E-state index contributed by atoms with van der Waals surface area (Å²) < 4.78 is 35.3. The first kappa shape index (κ1) is 82.2. The van der Waals surface area contributed by atoms with Crippen molar-refractivity contribution in [2.75, 3.05) is 69.8 Å². The number of nitrogens with zero attached hydrogens (tertiary/aromatic N) is 6. The van der Waals surface area contributed by atoms with Gasteiger partial charge < -0.3 is 57.8 Å². The van der Waals surface area contributed by atoms with Crippen LogP contribution in [0.1, 0.15) is 151 Å². The molecule has 12 nitrogen and oxygen atoms in total. The summed E-state index contributed by atoms with van der Waals surface area (Å²) in [7, 11) is 0. The zero-order valence-corrected chi connectivity index (χ0v) is 71.2. The second kappa shape index (κ2) is 38.6. The van der Waals surface area contributed by atoms with Gasteiger partial charge in [-0.1, -0.05) is 179 Å². The lowest BCUT2D eigenvalue weighted by Gasteiger charge is -2.32. The Morgan fingerprint density at radius 1 is 0.207 bits per heavy atom. The Morgan fingerprint density at radius 3 is 0.940 bits per heavy atom. The minimum Gasteiger partial charge on any atom is -0.473 e. The molecule has 18 rings (SSSR count). The van der Waals surface area contributed by atoms with E-state index in [1.165, 1.54) is 151 Å². The van der Waals surface area contributed by atoms with Gasteiger partial charge in [0.1, 0.15) is 34.5 Å². The molecular weight excluding hydrogens is 1430 g/mol. The molecule has 0 unspecified atom stereocenters. The molecule has 0 fully saturated rings. The number of benzene rings is 12. The summed E-state index contributed by atoms with van der Waals surface area (Å²) >= 11 is 0. The monoisotopic (exact) mass is 1550 g/mol. The Kier molecular flexibility index (Phi) is 27.4. The van der Waals surface area contributed by atoms with E-state index in [-0.39, 0.29) is 0 Å². The molecule has 6 aliphatic rings. The van der Waals surface area contributed by atoms with Crippen molar-refractivity contribution in [2.24, 2.45) is 0 Å². The van der Waals surface area contributed by atoms with Crippen LogP contribution in [0.15, 0.2) is 237 Å². The molecule has 0 spiro atoms. The molecule has 12 aromatic rings. The van der Waals surface area contributed by atoms with Crippen LogP contribution in [0.3, 0.4) is 0 Å². The lowest BCUT2D eigenvalue weighted by Crippen LogP contribution is -2.32. The van der Waals surface area contributed by atoms with E-state index in [9.17, 15) is 0 Å². The van der Waals surface area contributed by atoms with E-state index >= 15 is 0 Å². The van der Waals surface area contributed by atoms with Crippen LogP contribution >= 0.6 is 0 Å². The first-order valence-corrected chi connectivity index (χ1v) is 41.6. The largest absolute Gasteiger partial charge is 0.473 e. The Bertz CT molecular complexity index is 5320.